The summed E-state index contributed by atoms with van der Waals surface area (Å²) in [5, 5.41) is 16.5. The smallest absolute Gasteiger partial charge is 0.357 e. The van der Waals surface area contributed by atoms with E-state index in [2.05, 4.69) is 59.4 Å². The Kier molecular flexibility index (Phi) is 14.5. The van der Waals surface area contributed by atoms with Crippen LogP contribution in [0.1, 0.15) is 47.2 Å². The zero-order valence-corrected chi connectivity index (χ0v) is 35.9. The SMILES string of the molecule is COC(=S)Cl.COC(=S)OC1=C(c2c(C)cc(Br)cc2C)C(=O)NC12COC(C)OC2.Cc1cc(Br)cc(C)c1C1=C(O)C2(COC(C)OC2)NC1=O. The van der Waals surface area contributed by atoms with Gasteiger partial charge in [-0.15, -0.1) is 0 Å². The summed E-state index contributed by atoms with van der Waals surface area (Å²) in [6.45, 7) is 12.2. The highest BCUT2D eigenvalue weighted by atomic mass is 79.9. The van der Waals surface area contributed by atoms with Gasteiger partial charge in [0.05, 0.1) is 51.8 Å². The topological polar surface area (TPSA) is 143 Å². The van der Waals surface area contributed by atoms with Gasteiger partial charge < -0.3 is 48.9 Å². The van der Waals surface area contributed by atoms with Crippen LogP contribution < -0.4 is 10.6 Å². The van der Waals surface area contributed by atoms with Crippen molar-refractivity contribution in [3.63, 3.8) is 0 Å². The zero-order chi connectivity index (χ0) is 39.4. The highest BCUT2D eigenvalue weighted by Gasteiger charge is 2.52. The van der Waals surface area contributed by atoms with Crippen molar-refractivity contribution in [2.24, 2.45) is 0 Å². The largest absolute Gasteiger partial charge is 0.509 e. The van der Waals surface area contributed by atoms with Gasteiger partial charge in [0.15, 0.2) is 18.3 Å². The van der Waals surface area contributed by atoms with E-state index in [9.17, 15) is 14.7 Å². The third-order valence-electron chi connectivity index (χ3n) is 8.78. The summed E-state index contributed by atoms with van der Waals surface area (Å²) in [5.74, 6) is -0.186. The van der Waals surface area contributed by atoms with Crippen LogP contribution in [0.5, 0.6) is 0 Å². The van der Waals surface area contributed by atoms with Crippen LogP contribution in [0.25, 0.3) is 11.1 Å². The van der Waals surface area contributed by atoms with E-state index in [1.54, 1.807) is 13.8 Å². The minimum atomic E-state index is -0.981. The molecular weight excluding hydrogens is 880 g/mol. The van der Waals surface area contributed by atoms with Crippen LogP contribution in [0.3, 0.4) is 0 Å². The molecule has 53 heavy (non-hydrogen) atoms. The Morgan fingerprint density at radius 3 is 1.51 bits per heavy atom. The van der Waals surface area contributed by atoms with Crippen molar-refractivity contribution in [1.82, 2.24) is 10.6 Å². The number of carbonyl (C=O) groups excluding carboxylic acids is 2. The molecule has 0 radical (unpaired) electrons. The monoisotopic (exact) mass is 918 g/mol. The second kappa shape index (κ2) is 17.9. The predicted octanol–water partition coefficient (Wildman–Crippen LogP) is 6.74. The Morgan fingerprint density at radius 2 is 1.11 bits per heavy atom. The summed E-state index contributed by atoms with van der Waals surface area (Å²) in [4.78, 5) is 25.4. The molecule has 0 atom stereocenters. The fraction of sp³-hybridized carbons (Fsp3) is 0.444. The molecule has 4 aliphatic heterocycles. The van der Waals surface area contributed by atoms with Crippen molar-refractivity contribution in [3.05, 3.63) is 78.1 Å². The standard InChI is InChI=1S/C18H20BrNO5S.C16H18BrNO4.C2H3ClOS/c1-9-5-12(19)6-10(2)13(9)14-15(25-17(26)22-4)18(20-16(14)21)7-23-11(3)24-8-18;1-8-4-11(17)5-9(2)12(8)13-14(19)16(18-15(13)20)6-21-10(3)22-7-16;1-4-2(3)5/h5-6,11H,7-8H2,1-4H3,(H,20,21);4-5,10,19H,6-7H2,1-3H3,(H,18,20);1H3. The number of aliphatic hydroxyl groups is 1. The third kappa shape index (κ3) is 9.59. The number of methoxy groups -OCH3 is 2. The van der Waals surface area contributed by atoms with Gasteiger partial charge in [-0.05, 0) is 123 Å². The molecule has 288 valence electrons. The minimum Gasteiger partial charge on any atom is -0.509 e. The van der Waals surface area contributed by atoms with Crippen LogP contribution in [0.4, 0.5) is 0 Å². The molecule has 2 aromatic carbocycles. The molecule has 12 nitrogen and oxygen atoms in total. The summed E-state index contributed by atoms with van der Waals surface area (Å²) in [6, 6.07) is 7.76. The van der Waals surface area contributed by atoms with Crippen molar-refractivity contribution in [2.45, 2.75) is 65.2 Å². The number of aliphatic hydroxyl groups excluding tert-OH is 1. The van der Waals surface area contributed by atoms with Crippen molar-refractivity contribution in [1.29, 1.82) is 0 Å². The summed E-state index contributed by atoms with van der Waals surface area (Å²) in [7, 11) is 2.85. The molecule has 4 heterocycles. The molecule has 2 fully saturated rings. The summed E-state index contributed by atoms with van der Waals surface area (Å²) in [5.41, 5.74) is 4.10. The number of rotatable bonds is 3. The molecule has 6 rings (SSSR count). The van der Waals surface area contributed by atoms with Gasteiger partial charge >= 0.3 is 5.24 Å². The van der Waals surface area contributed by atoms with Crippen LogP contribution in [0, 0.1) is 27.7 Å². The molecule has 17 heteroatoms. The maximum Gasteiger partial charge on any atom is 0.357 e. The van der Waals surface area contributed by atoms with Crippen molar-refractivity contribution < 1.29 is 47.9 Å². The number of halogens is 3. The van der Waals surface area contributed by atoms with E-state index in [1.807, 2.05) is 52.0 Å². The summed E-state index contributed by atoms with van der Waals surface area (Å²) < 4.78 is 39.2. The predicted molar refractivity (Wildman–Crippen MR) is 214 cm³/mol. The van der Waals surface area contributed by atoms with Crippen molar-refractivity contribution in [2.75, 3.05) is 40.6 Å². The van der Waals surface area contributed by atoms with Gasteiger partial charge in [-0.1, -0.05) is 31.9 Å². The first-order valence-electron chi connectivity index (χ1n) is 16.2. The number of aryl methyl sites for hydroxylation is 4. The number of thiocarbonyl (C=S) groups is 2. The minimum absolute atomic E-state index is 0.00192. The summed E-state index contributed by atoms with van der Waals surface area (Å²) >= 11 is 21.2. The molecular formula is C36H41Br2ClN2O10S2. The fourth-order valence-corrected chi connectivity index (χ4v) is 7.79. The maximum absolute atomic E-state index is 12.9. The highest BCUT2D eigenvalue weighted by molar-refractivity contribution is 9.10. The van der Waals surface area contributed by atoms with E-state index in [0.29, 0.717) is 16.9 Å². The summed E-state index contributed by atoms with van der Waals surface area (Å²) in [6.07, 6.45) is -0.691. The van der Waals surface area contributed by atoms with E-state index in [1.165, 1.54) is 14.2 Å². The van der Waals surface area contributed by atoms with Gasteiger partial charge in [0.2, 0.25) is 0 Å². The Morgan fingerprint density at radius 1 is 0.755 bits per heavy atom. The molecule has 0 saturated carbocycles. The molecule has 0 aromatic heterocycles. The normalized spacial score (nSPS) is 24.9. The highest BCUT2D eigenvalue weighted by Crippen LogP contribution is 2.41. The molecule has 3 N–H and O–H groups in total. The molecule has 0 bridgehead atoms. The number of amides is 2. The molecule has 2 spiro atoms. The Hall–Kier alpha value is -2.67. The van der Waals surface area contributed by atoms with Gasteiger partial charge in [-0.3, -0.25) is 9.59 Å². The van der Waals surface area contributed by atoms with E-state index >= 15 is 0 Å². The maximum atomic E-state index is 12.9. The van der Waals surface area contributed by atoms with E-state index < -0.39 is 11.1 Å². The number of nitrogens with one attached hydrogen (secondary N) is 2. The second-order valence-electron chi connectivity index (χ2n) is 12.7. The average molecular weight is 921 g/mol. The molecule has 2 aromatic rings. The van der Waals surface area contributed by atoms with Crippen molar-refractivity contribution >= 4 is 101 Å². The Balaban J connectivity index is 0.000000212. The average Bonchev–Trinajstić information content (AvgIpc) is 3.47. The Bertz CT molecular complexity index is 1810. The second-order valence-corrected chi connectivity index (χ2v) is 15.8. The van der Waals surface area contributed by atoms with Crippen LogP contribution >= 0.6 is 67.9 Å². The van der Waals surface area contributed by atoms with E-state index in [4.69, 9.17) is 52.2 Å². The number of hydrogen-bond acceptors (Lipinski definition) is 12. The number of benzene rings is 2. The van der Waals surface area contributed by atoms with Gasteiger partial charge in [0, 0.05) is 21.2 Å². The zero-order valence-electron chi connectivity index (χ0n) is 30.4. The lowest BCUT2D eigenvalue weighted by molar-refractivity contribution is -0.199. The Labute approximate surface area is 341 Å². The third-order valence-corrected chi connectivity index (χ3v) is 10.3. The molecule has 2 saturated heterocycles. The number of carbonyl (C=O) groups is 2. The number of hydrogen-bond donors (Lipinski definition) is 3. The molecule has 0 unspecified atom stereocenters. The van der Waals surface area contributed by atoms with Gasteiger partial charge in [0.25, 0.3) is 16.3 Å². The molecule has 2 amide bonds. The van der Waals surface area contributed by atoms with Crippen LogP contribution in [0.2, 0.25) is 0 Å². The van der Waals surface area contributed by atoms with Crippen molar-refractivity contribution in [3.8, 4) is 0 Å². The first-order valence-corrected chi connectivity index (χ1v) is 19.0. The molecule has 0 aliphatic carbocycles. The lowest BCUT2D eigenvalue weighted by Crippen LogP contribution is -2.57. The fourth-order valence-electron chi connectivity index (χ4n) is 6.34. The first kappa shape index (κ1) is 43.1. The van der Waals surface area contributed by atoms with Gasteiger partial charge in [0.1, 0.15) is 16.8 Å². The van der Waals surface area contributed by atoms with Crippen LogP contribution in [0.15, 0.2) is 44.7 Å². The van der Waals surface area contributed by atoms with Crippen LogP contribution in [-0.2, 0) is 42.7 Å². The molecule has 4 aliphatic rings. The lowest BCUT2D eigenvalue weighted by Gasteiger charge is -2.37. The number of ether oxygens (including phenoxy) is 7. The van der Waals surface area contributed by atoms with Gasteiger partial charge in [-0.2, -0.15) is 0 Å². The van der Waals surface area contributed by atoms with E-state index in [0.717, 1.165) is 42.3 Å². The first-order chi connectivity index (χ1) is 24.9. The quantitative estimate of drug-likeness (QED) is 0.222. The van der Waals surface area contributed by atoms with Gasteiger partial charge in [-0.25, -0.2) is 0 Å². The van der Waals surface area contributed by atoms with E-state index in [-0.39, 0.29) is 66.3 Å². The van der Waals surface area contributed by atoms with Crippen LogP contribution in [-0.4, -0.2) is 91.0 Å². The lowest BCUT2D eigenvalue weighted by atomic mass is 9.91.